The maximum Gasteiger partial charge on any atom is 0.407 e. The summed E-state index contributed by atoms with van der Waals surface area (Å²) in [5, 5.41) is 12.9. The van der Waals surface area contributed by atoms with E-state index >= 15 is 0 Å². The van der Waals surface area contributed by atoms with Crippen LogP contribution in [0.1, 0.15) is 119 Å². The van der Waals surface area contributed by atoms with Gasteiger partial charge in [0, 0.05) is 13.0 Å². The number of carbonyl (C=O) groups excluding carboxylic acids is 2. The summed E-state index contributed by atoms with van der Waals surface area (Å²) in [5.41, 5.74) is 4.74. The topological polar surface area (TPSA) is 111 Å². The smallest absolute Gasteiger partial charge is 0.407 e. The molecule has 2 amide bonds. The Morgan fingerprint density at radius 2 is 1.42 bits per heavy atom. The van der Waals surface area contributed by atoms with E-state index in [1.165, 1.54) is 12.8 Å². The summed E-state index contributed by atoms with van der Waals surface area (Å²) in [5.74, 6) is 0.139. The van der Waals surface area contributed by atoms with Crippen LogP contribution in [0, 0.1) is 5.92 Å². The Bertz CT molecular complexity index is 519. The SMILES string of the molecule is CC(O)C(CCCCCCCCCNC(=O)OC(C)(C)C)OC(C)C(C)CCCCC(N)=O. The number of ether oxygens (including phenoxy) is 2. The lowest BCUT2D eigenvalue weighted by molar-refractivity contribution is -0.118. The van der Waals surface area contributed by atoms with Crippen LogP contribution in [0.3, 0.4) is 0 Å². The first-order valence-corrected chi connectivity index (χ1v) is 13.0. The van der Waals surface area contributed by atoms with Gasteiger partial charge in [0.25, 0.3) is 0 Å². The minimum absolute atomic E-state index is 0.0764. The molecule has 7 nitrogen and oxygen atoms in total. The Morgan fingerprint density at radius 3 is 1.97 bits per heavy atom. The van der Waals surface area contributed by atoms with E-state index in [-0.39, 0.29) is 24.2 Å². The second kappa shape index (κ2) is 18.0. The van der Waals surface area contributed by atoms with Crippen molar-refractivity contribution in [2.75, 3.05) is 6.54 Å². The van der Waals surface area contributed by atoms with Gasteiger partial charge in [0.05, 0.1) is 18.3 Å². The van der Waals surface area contributed by atoms with Crippen molar-refractivity contribution in [2.24, 2.45) is 11.7 Å². The van der Waals surface area contributed by atoms with Crippen molar-refractivity contribution < 1.29 is 24.2 Å². The Balaban J connectivity index is 3.84. The zero-order valence-electron chi connectivity index (χ0n) is 22.2. The van der Waals surface area contributed by atoms with Crippen molar-refractivity contribution in [1.82, 2.24) is 5.32 Å². The van der Waals surface area contributed by atoms with Gasteiger partial charge >= 0.3 is 6.09 Å². The second-order valence-corrected chi connectivity index (χ2v) is 10.5. The number of hydrogen-bond donors (Lipinski definition) is 3. The quantitative estimate of drug-likeness (QED) is 0.216. The van der Waals surface area contributed by atoms with Crippen LogP contribution in [0.4, 0.5) is 4.79 Å². The fourth-order valence-corrected chi connectivity index (χ4v) is 3.69. The number of aliphatic hydroxyl groups is 1. The standard InChI is InChI=1S/C26H52N2O5/c1-20(16-13-14-18-24(27)30)22(3)32-23(21(2)29)17-12-10-8-7-9-11-15-19-28-25(31)33-26(4,5)6/h20-23,29H,7-19H2,1-6H3,(H2,27,30)(H,28,31). The van der Waals surface area contributed by atoms with Crippen molar-refractivity contribution in [2.45, 2.75) is 143 Å². The van der Waals surface area contributed by atoms with Gasteiger partial charge in [-0.1, -0.05) is 51.9 Å². The maximum atomic E-state index is 11.6. The zero-order valence-corrected chi connectivity index (χ0v) is 22.2. The number of nitrogens with one attached hydrogen (secondary N) is 1. The molecule has 0 rings (SSSR count). The second-order valence-electron chi connectivity index (χ2n) is 10.5. The monoisotopic (exact) mass is 472 g/mol. The number of carbonyl (C=O) groups is 2. The zero-order chi connectivity index (χ0) is 25.3. The van der Waals surface area contributed by atoms with E-state index in [1.807, 2.05) is 20.8 Å². The summed E-state index contributed by atoms with van der Waals surface area (Å²) >= 11 is 0. The molecule has 0 aliphatic carbocycles. The molecular weight excluding hydrogens is 420 g/mol. The van der Waals surface area contributed by atoms with Gasteiger partial charge in [-0.25, -0.2) is 4.79 Å². The molecule has 0 aliphatic heterocycles. The van der Waals surface area contributed by atoms with Crippen LogP contribution < -0.4 is 11.1 Å². The molecule has 0 saturated heterocycles. The Labute approximate surface area is 202 Å². The highest BCUT2D eigenvalue weighted by molar-refractivity contribution is 5.73. The van der Waals surface area contributed by atoms with E-state index in [1.54, 1.807) is 6.92 Å². The molecule has 0 aromatic heterocycles. The molecule has 0 heterocycles. The number of hydrogen-bond acceptors (Lipinski definition) is 5. The highest BCUT2D eigenvalue weighted by Crippen LogP contribution is 2.21. The van der Waals surface area contributed by atoms with Crippen molar-refractivity contribution in [1.29, 1.82) is 0 Å². The van der Waals surface area contributed by atoms with Crippen molar-refractivity contribution in [3.63, 3.8) is 0 Å². The van der Waals surface area contributed by atoms with Gasteiger partial charge in [0.15, 0.2) is 0 Å². The molecule has 0 radical (unpaired) electrons. The minimum atomic E-state index is -0.480. The molecular formula is C26H52N2O5. The summed E-state index contributed by atoms with van der Waals surface area (Å²) < 4.78 is 11.4. The van der Waals surface area contributed by atoms with E-state index in [4.69, 9.17) is 15.2 Å². The summed E-state index contributed by atoms with van der Waals surface area (Å²) in [7, 11) is 0. The molecule has 4 N–H and O–H groups in total. The van der Waals surface area contributed by atoms with Crippen LogP contribution in [-0.2, 0) is 14.3 Å². The van der Waals surface area contributed by atoms with Gasteiger partial charge in [-0.05, 0) is 66.2 Å². The Kier molecular flexibility index (Phi) is 17.3. The first-order valence-electron chi connectivity index (χ1n) is 13.0. The largest absolute Gasteiger partial charge is 0.444 e. The lowest BCUT2D eigenvalue weighted by Crippen LogP contribution is -2.33. The van der Waals surface area contributed by atoms with Crippen LogP contribution >= 0.6 is 0 Å². The average molecular weight is 473 g/mol. The fourth-order valence-electron chi connectivity index (χ4n) is 3.69. The lowest BCUT2D eigenvalue weighted by Gasteiger charge is -2.28. The molecule has 0 spiro atoms. The maximum absolute atomic E-state index is 11.6. The summed E-state index contributed by atoms with van der Waals surface area (Å²) in [4.78, 5) is 22.4. The van der Waals surface area contributed by atoms with Crippen molar-refractivity contribution in [3.8, 4) is 0 Å². The molecule has 0 aromatic rings. The number of nitrogens with two attached hydrogens (primary N) is 1. The van der Waals surface area contributed by atoms with Crippen molar-refractivity contribution in [3.05, 3.63) is 0 Å². The van der Waals surface area contributed by atoms with Gasteiger partial charge in [-0.15, -0.1) is 0 Å². The summed E-state index contributed by atoms with van der Waals surface area (Å²) in [6.45, 7) is 12.3. The van der Waals surface area contributed by atoms with Crippen LogP contribution in [0.15, 0.2) is 0 Å². The number of aliphatic hydroxyl groups excluding tert-OH is 1. The first kappa shape index (κ1) is 31.7. The number of alkyl carbamates (subject to hydrolysis) is 1. The third kappa shape index (κ3) is 19.8. The third-order valence-corrected chi connectivity index (χ3v) is 5.90. The Morgan fingerprint density at radius 1 is 0.879 bits per heavy atom. The van der Waals surface area contributed by atoms with E-state index in [0.29, 0.717) is 18.9 Å². The highest BCUT2D eigenvalue weighted by atomic mass is 16.6. The Hall–Kier alpha value is -1.34. The highest BCUT2D eigenvalue weighted by Gasteiger charge is 2.21. The van der Waals surface area contributed by atoms with Gasteiger partial charge in [0.2, 0.25) is 5.91 Å². The normalized spacial score (nSPS) is 15.5. The van der Waals surface area contributed by atoms with E-state index in [0.717, 1.165) is 57.8 Å². The van der Waals surface area contributed by atoms with Gasteiger partial charge in [0.1, 0.15) is 5.60 Å². The van der Waals surface area contributed by atoms with Crippen LogP contribution in [0.2, 0.25) is 0 Å². The van der Waals surface area contributed by atoms with Crippen LogP contribution in [0.25, 0.3) is 0 Å². The number of rotatable bonds is 19. The van der Waals surface area contributed by atoms with Gasteiger partial charge in [-0.2, -0.15) is 0 Å². The van der Waals surface area contributed by atoms with Crippen molar-refractivity contribution >= 4 is 12.0 Å². The lowest BCUT2D eigenvalue weighted by atomic mass is 9.97. The number of unbranched alkanes of at least 4 members (excludes halogenated alkanes) is 7. The molecule has 0 aliphatic rings. The van der Waals surface area contributed by atoms with Crippen LogP contribution in [-0.4, -0.2) is 47.6 Å². The molecule has 196 valence electrons. The minimum Gasteiger partial charge on any atom is -0.444 e. The first-order chi connectivity index (χ1) is 15.4. The van der Waals surface area contributed by atoms with E-state index in [9.17, 15) is 14.7 Å². The predicted octanol–water partition coefficient (Wildman–Crippen LogP) is 5.47. The molecule has 0 fully saturated rings. The molecule has 0 bridgehead atoms. The average Bonchev–Trinajstić information content (AvgIpc) is 2.69. The fraction of sp³-hybridized carbons (Fsp3) is 0.923. The van der Waals surface area contributed by atoms with E-state index < -0.39 is 11.7 Å². The number of amides is 2. The molecule has 33 heavy (non-hydrogen) atoms. The molecule has 0 aromatic carbocycles. The van der Waals surface area contributed by atoms with E-state index in [2.05, 4.69) is 19.2 Å². The summed E-state index contributed by atoms with van der Waals surface area (Å²) in [6, 6.07) is 0. The molecule has 4 atom stereocenters. The van der Waals surface area contributed by atoms with Gasteiger partial charge < -0.3 is 25.6 Å². The summed E-state index contributed by atoms with van der Waals surface area (Å²) in [6.07, 6.45) is 11.0. The van der Waals surface area contributed by atoms with Crippen LogP contribution in [0.5, 0.6) is 0 Å². The predicted molar refractivity (Wildman–Crippen MR) is 134 cm³/mol. The molecule has 0 saturated carbocycles. The molecule has 4 unspecified atom stereocenters. The number of primary amides is 1. The molecule has 7 heteroatoms. The third-order valence-electron chi connectivity index (χ3n) is 5.90. The van der Waals surface area contributed by atoms with Gasteiger partial charge in [-0.3, -0.25) is 4.79 Å².